The van der Waals surface area contributed by atoms with Gasteiger partial charge in [-0.3, -0.25) is 15.6 Å². The van der Waals surface area contributed by atoms with Crippen molar-refractivity contribution in [2.75, 3.05) is 23.2 Å². The Bertz CT molecular complexity index is 829. The zero-order valence-electron chi connectivity index (χ0n) is 12.7. The van der Waals surface area contributed by atoms with Crippen LogP contribution in [0.3, 0.4) is 0 Å². The topological polar surface area (TPSA) is 65.6 Å². The smallest absolute Gasteiger partial charge is 0.405 e. The van der Waals surface area contributed by atoms with E-state index in [9.17, 15) is 18.0 Å². The van der Waals surface area contributed by atoms with Crippen LogP contribution in [0.4, 0.5) is 30.2 Å². The maximum absolute atomic E-state index is 12.3. The van der Waals surface area contributed by atoms with Gasteiger partial charge in [-0.05, 0) is 52.3 Å². The van der Waals surface area contributed by atoms with Crippen LogP contribution < -0.4 is 20.9 Å². The van der Waals surface area contributed by atoms with Gasteiger partial charge in [0.05, 0.1) is 15.8 Å². The first-order valence-electron chi connectivity index (χ1n) is 6.99. The Labute approximate surface area is 149 Å². The van der Waals surface area contributed by atoms with E-state index < -0.39 is 12.3 Å². The van der Waals surface area contributed by atoms with Crippen molar-refractivity contribution in [3.8, 4) is 5.75 Å². The van der Waals surface area contributed by atoms with E-state index in [1.54, 1.807) is 30.4 Å². The lowest BCUT2D eigenvalue weighted by Crippen LogP contribution is -2.23. The van der Waals surface area contributed by atoms with Gasteiger partial charge in [0.25, 0.3) is 5.91 Å². The van der Waals surface area contributed by atoms with Gasteiger partial charge in [-0.1, -0.05) is 0 Å². The van der Waals surface area contributed by atoms with Crippen molar-refractivity contribution < 1.29 is 22.7 Å². The second-order valence-corrected chi connectivity index (χ2v) is 6.04. The molecule has 3 N–H and O–H groups in total. The summed E-state index contributed by atoms with van der Waals surface area (Å²) in [6, 6.07) is 8.83. The zero-order chi connectivity index (χ0) is 18.2. The van der Waals surface area contributed by atoms with Gasteiger partial charge in [-0.25, -0.2) is 0 Å². The Morgan fingerprint density at radius 3 is 2.56 bits per heavy atom. The molecular formula is C15H12BrF3N4O2. The van der Waals surface area contributed by atoms with Crippen LogP contribution in [0.25, 0.3) is 0 Å². The molecule has 2 aromatic carbocycles. The lowest BCUT2D eigenvalue weighted by atomic mass is 10.1. The Hall–Kier alpha value is -2.46. The van der Waals surface area contributed by atoms with Crippen molar-refractivity contribution in [1.29, 1.82) is 0 Å². The molecular weight excluding hydrogens is 405 g/mol. The molecule has 0 saturated heterocycles. The van der Waals surface area contributed by atoms with Crippen LogP contribution in [0.5, 0.6) is 5.75 Å². The lowest BCUT2D eigenvalue weighted by molar-refractivity contribution is -0.274. The van der Waals surface area contributed by atoms with E-state index in [4.69, 9.17) is 0 Å². The normalized spacial score (nSPS) is 13.6. The van der Waals surface area contributed by atoms with Crippen LogP contribution in [-0.4, -0.2) is 24.4 Å². The summed E-state index contributed by atoms with van der Waals surface area (Å²) in [7, 11) is 1.78. The predicted octanol–water partition coefficient (Wildman–Crippen LogP) is 4.20. The van der Waals surface area contributed by atoms with Gasteiger partial charge in [0, 0.05) is 18.3 Å². The Kier molecular flexibility index (Phi) is 4.48. The number of fused-ring (bicyclic) bond motifs is 1. The molecule has 1 heterocycles. The maximum Gasteiger partial charge on any atom is 0.573 e. The Balaban J connectivity index is 1.73. The van der Waals surface area contributed by atoms with Crippen molar-refractivity contribution in [3.05, 3.63) is 46.4 Å². The largest absolute Gasteiger partial charge is 0.573 e. The molecule has 0 spiro atoms. The van der Waals surface area contributed by atoms with Crippen LogP contribution in [0.1, 0.15) is 10.4 Å². The quantitative estimate of drug-likeness (QED) is 0.699. The van der Waals surface area contributed by atoms with E-state index in [-0.39, 0.29) is 10.2 Å². The summed E-state index contributed by atoms with van der Waals surface area (Å²) in [6.45, 7) is 0. The fourth-order valence-corrected chi connectivity index (χ4v) is 2.71. The first kappa shape index (κ1) is 17.4. The molecule has 1 amide bonds. The molecule has 1 aliphatic rings. The molecule has 25 heavy (non-hydrogen) atoms. The summed E-state index contributed by atoms with van der Waals surface area (Å²) in [6.07, 6.45) is -4.79. The van der Waals surface area contributed by atoms with Gasteiger partial charge >= 0.3 is 6.36 Å². The molecule has 10 heteroatoms. The molecule has 0 saturated carbocycles. The Morgan fingerprint density at radius 2 is 1.88 bits per heavy atom. The van der Waals surface area contributed by atoms with E-state index in [2.05, 4.69) is 36.8 Å². The highest BCUT2D eigenvalue weighted by Crippen LogP contribution is 2.33. The number of carbonyl (C=O) groups is 1. The SMILES string of the molecule is CN1Nc2ccc(C(=O)Nc3ccc(OC(F)(F)F)c(Br)c3)cc2N1. The number of nitrogens with one attached hydrogen (secondary N) is 3. The van der Waals surface area contributed by atoms with Crippen molar-refractivity contribution in [3.63, 3.8) is 0 Å². The van der Waals surface area contributed by atoms with Gasteiger partial charge < -0.3 is 10.1 Å². The third-order valence-corrected chi connectivity index (χ3v) is 3.89. The molecule has 0 unspecified atom stereocenters. The highest BCUT2D eigenvalue weighted by Gasteiger charge is 2.32. The van der Waals surface area contributed by atoms with Crippen molar-refractivity contribution in [2.24, 2.45) is 0 Å². The predicted molar refractivity (Wildman–Crippen MR) is 90.2 cm³/mol. The monoisotopic (exact) mass is 416 g/mol. The van der Waals surface area contributed by atoms with Gasteiger partial charge in [0.15, 0.2) is 0 Å². The summed E-state index contributed by atoms with van der Waals surface area (Å²) in [5.41, 5.74) is 8.33. The minimum absolute atomic E-state index is 0.0732. The third kappa shape index (κ3) is 4.15. The van der Waals surface area contributed by atoms with E-state index >= 15 is 0 Å². The third-order valence-electron chi connectivity index (χ3n) is 3.27. The standard InChI is InChI=1S/C15H12BrF3N4O2/c1-23-21-11-4-2-8(6-12(11)22-23)14(24)20-9-3-5-13(10(16)7-9)25-15(17,18)19/h2-7,21-22H,1H3,(H,20,24). The number of halogens is 4. The van der Waals surface area contributed by atoms with Crippen molar-refractivity contribution in [1.82, 2.24) is 5.12 Å². The molecule has 0 fully saturated rings. The molecule has 132 valence electrons. The fraction of sp³-hybridized carbons (Fsp3) is 0.133. The number of ether oxygens (including phenoxy) is 1. The minimum atomic E-state index is -4.79. The molecule has 0 aromatic heterocycles. The van der Waals surface area contributed by atoms with E-state index in [1.807, 2.05) is 0 Å². The van der Waals surface area contributed by atoms with Crippen LogP contribution in [0, 0.1) is 0 Å². The molecule has 0 radical (unpaired) electrons. The van der Waals surface area contributed by atoms with Crippen molar-refractivity contribution in [2.45, 2.75) is 6.36 Å². The first-order chi connectivity index (χ1) is 11.7. The number of nitrogens with zero attached hydrogens (tertiary/aromatic N) is 1. The second-order valence-electron chi connectivity index (χ2n) is 5.19. The number of hydrogen-bond donors (Lipinski definition) is 3. The number of alkyl halides is 3. The molecule has 2 aromatic rings. The van der Waals surface area contributed by atoms with Gasteiger partial charge in [-0.15, -0.1) is 18.3 Å². The van der Waals surface area contributed by atoms with Crippen LogP contribution >= 0.6 is 15.9 Å². The van der Waals surface area contributed by atoms with E-state index in [0.29, 0.717) is 11.3 Å². The fourth-order valence-electron chi connectivity index (χ4n) is 2.25. The molecule has 3 rings (SSSR count). The number of rotatable bonds is 3. The van der Waals surface area contributed by atoms with E-state index in [0.717, 1.165) is 17.4 Å². The first-order valence-corrected chi connectivity index (χ1v) is 7.78. The number of benzene rings is 2. The van der Waals surface area contributed by atoms with Crippen LogP contribution in [-0.2, 0) is 0 Å². The zero-order valence-corrected chi connectivity index (χ0v) is 14.3. The van der Waals surface area contributed by atoms with Gasteiger partial charge in [0.1, 0.15) is 5.75 Å². The number of anilines is 3. The van der Waals surface area contributed by atoms with Gasteiger partial charge in [0.2, 0.25) is 0 Å². The number of hydrogen-bond acceptors (Lipinski definition) is 5. The summed E-state index contributed by atoms with van der Waals surface area (Å²) in [4.78, 5) is 12.3. The molecule has 0 aliphatic carbocycles. The van der Waals surface area contributed by atoms with Gasteiger partial charge in [-0.2, -0.15) is 0 Å². The van der Waals surface area contributed by atoms with Crippen molar-refractivity contribution >= 4 is 38.9 Å². The highest BCUT2D eigenvalue weighted by molar-refractivity contribution is 9.10. The maximum atomic E-state index is 12.3. The molecule has 6 nitrogen and oxygen atoms in total. The highest BCUT2D eigenvalue weighted by atomic mass is 79.9. The summed E-state index contributed by atoms with van der Waals surface area (Å²) >= 11 is 2.99. The van der Waals surface area contributed by atoms with E-state index in [1.165, 1.54) is 12.1 Å². The Morgan fingerprint density at radius 1 is 1.16 bits per heavy atom. The molecule has 1 aliphatic heterocycles. The van der Waals surface area contributed by atoms with Crippen LogP contribution in [0.15, 0.2) is 40.9 Å². The average Bonchev–Trinajstić information content (AvgIpc) is 2.88. The molecule has 0 atom stereocenters. The number of amides is 1. The minimum Gasteiger partial charge on any atom is -0.405 e. The lowest BCUT2D eigenvalue weighted by Gasteiger charge is -2.12. The second kappa shape index (κ2) is 6.45. The molecule has 0 bridgehead atoms. The number of carbonyl (C=O) groups excluding carboxylic acids is 1. The number of hydrazine groups is 2. The summed E-state index contributed by atoms with van der Waals surface area (Å²) < 4.78 is 40.7. The summed E-state index contributed by atoms with van der Waals surface area (Å²) in [5.74, 6) is -0.781. The average molecular weight is 417 g/mol. The summed E-state index contributed by atoms with van der Waals surface area (Å²) in [5, 5.41) is 4.27. The van der Waals surface area contributed by atoms with Crippen LogP contribution in [0.2, 0.25) is 0 Å².